The lowest BCUT2D eigenvalue weighted by Crippen LogP contribution is -2.35. The fourth-order valence-electron chi connectivity index (χ4n) is 2.18. The van der Waals surface area contributed by atoms with Crippen LogP contribution in [0.4, 0.5) is 0 Å². The van der Waals surface area contributed by atoms with Gasteiger partial charge in [0.1, 0.15) is 5.75 Å². The number of hydrogen-bond acceptors (Lipinski definition) is 4. The molecule has 0 saturated carbocycles. The van der Waals surface area contributed by atoms with E-state index < -0.39 is 11.9 Å². The van der Waals surface area contributed by atoms with E-state index in [1.807, 2.05) is 0 Å². The molecule has 130 valence electrons. The summed E-state index contributed by atoms with van der Waals surface area (Å²) in [5, 5.41) is 14.3. The Bertz CT molecular complexity index is 789. The average Bonchev–Trinajstić information content (AvgIpc) is 2.64. The molecule has 0 unspecified atom stereocenters. The van der Waals surface area contributed by atoms with E-state index in [9.17, 15) is 14.4 Å². The van der Waals surface area contributed by atoms with Crippen LogP contribution in [0, 0.1) is 0 Å². The number of carboxylic acids is 1. The third-order valence-electron chi connectivity index (χ3n) is 3.43. The summed E-state index contributed by atoms with van der Waals surface area (Å²) in [5.41, 5.74) is 0.455. The minimum absolute atomic E-state index is 0.0691. The van der Waals surface area contributed by atoms with E-state index in [0.29, 0.717) is 11.3 Å². The van der Waals surface area contributed by atoms with E-state index in [1.165, 1.54) is 19.2 Å². The number of methoxy groups -OCH3 is 1. The van der Waals surface area contributed by atoms with Crippen LogP contribution in [0.5, 0.6) is 5.75 Å². The summed E-state index contributed by atoms with van der Waals surface area (Å²) in [7, 11) is 1.52. The van der Waals surface area contributed by atoms with Crippen LogP contribution in [-0.2, 0) is 0 Å². The van der Waals surface area contributed by atoms with E-state index in [0.717, 1.165) is 0 Å². The van der Waals surface area contributed by atoms with E-state index in [-0.39, 0.29) is 30.1 Å². The molecule has 0 atom stereocenters. The molecular weight excluding hydrogens is 324 g/mol. The predicted molar refractivity (Wildman–Crippen MR) is 91.1 cm³/mol. The second-order valence-electron chi connectivity index (χ2n) is 5.09. The van der Waals surface area contributed by atoms with Gasteiger partial charge in [0.2, 0.25) is 0 Å². The highest BCUT2D eigenvalue weighted by atomic mass is 16.5. The highest BCUT2D eigenvalue weighted by Crippen LogP contribution is 2.12. The van der Waals surface area contributed by atoms with E-state index in [4.69, 9.17) is 9.84 Å². The number of carbonyl (C=O) groups is 3. The second kappa shape index (κ2) is 8.49. The van der Waals surface area contributed by atoms with Crippen molar-refractivity contribution in [3.05, 3.63) is 65.2 Å². The van der Waals surface area contributed by atoms with E-state index >= 15 is 0 Å². The molecule has 0 aliphatic carbocycles. The molecule has 0 fully saturated rings. The molecule has 0 aliphatic heterocycles. The minimum Gasteiger partial charge on any atom is -0.497 e. The van der Waals surface area contributed by atoms with E-state index in [1.54, 1.807) is 36.4 Å². The van der Waals surface area contributed by atoms with Gasteiger partial charge in [0.25, 0.3) is 11.8 Å². The molecule has 0 heterocycles. The number of hydrogen-bond donors (Lipinski definition) is 3. The van der Waals surface area contributed by atoms with Crippen molar-refractivity contribution in [3.8, 4) is 5.75 Å². The van der Waals surface area contributed by atoms with Gasteiger partial charge < -0.3 is 20.5 Å². The van der Waals surface area contributed by atoms with Crippen molar-refractivity contribution >= 4 is 17.8 Å². The summed E-state index contributed by atoms with van der Waals surface area (Å²) in [6, 6.07) is 12.6. The molecule has 0 spiro atoms. The van der Waals surface area contributed by atoms with Gasteiger partial charge in [0, 0.05) is 18.7 Å². The minimum atomic E-state index is -1.17. The third kappa shape index (κ3) is 4.81. The van der Waals surface area contributed by atoms with Crippen molar-refractivity contribution in [2.75, 3.05) is 20.2 Å². The van der Waals surface area contributed by atoms with Gasteiger partial charge >= 0.3 is 5.97 Å². The summed E-state index contributed by atoms with van der Waals surface area (Å²) in [6.45, 7) is 0.375. The molecule has 0 saturated heterocycles. The molecule has 2 amide bonds. The number of amides is 2. The molecule has 2 rings (SSSR count). The van der Waals surface area contributed by atoms with Crippen LogP contribution >= 0.6 is 0 Å². The molecule has 25 heavy (non-hydrogen) atoms. The molecule has 0 aliphatic rings. The van der Waals surface area contributed by atoms with Crippen molar-refractivity contribution in [2.24, 2.45) is 0 Å². The van der Waals surface area contributed by atoms with Crippen LogP contribution in [0.2, 0.25) is 0 Å². The van der Waals surface area contributed by atoms with Gasteiger partial charge in [0.05, 0.1) is 18.2 Å². The summed E-state index contributed by atoms with van der Waals surface area (Å²) in [6.07, 6.45) is 0. The molecule has 0 aromatic heterocycles. The van der Waals surface area contributed by atoms with Crippen LogP contribution < -0.4 is 15.4 Å². The first-order valence-electron chi connectivity index (χ1n) is 7.55. The summed E-state index contributed by atoms with van der Waals surface area (Å²) < 4.78 is 5.06. The zero-order valence-electron chi connectivity index (χ0n) is 13.6. The molecular formula is C18H18N2O5. The summed E-state index contributed by atoms with van der Waals surface area (Å²) in [4.78, 5) is 35.2. The number of rotatable bonds is 7. The summed E-state index contributed by atoms with van der Waals surface area (Å²) in [5.74, 6) is -1.39. The largest absolute Gasteiger partial charge is 0.497 e. The molecule has 7 nitrogen and oxygen atoms in total. The lowest BCUT2D eigenvalue weighted by molar-refractivity contribution is 0.0691. The Kier molecular flexibility index (Phi) is 6.11. The Morgan fingerprint density at radius 1 is 0.920 bits per heavy atom. The Balaban J connectivity index is 1.86. The van der Waals surface area contributed by atoms with Gasteiger partial charge in [-0.2, -0.15) is 0 Å². The highest BCUT2D eigenvalue weighted by Gasteiger charge is 2.15. The fourth-order valence-corrected chi connectivity index (χ4v) is 2.18. The Morgan fingerprint density at radius 2 is 1.56 bits per heavy atom. The van der Waals surface area contributed by atoms with Gasteiger partial charge in [-0.3, -0.25) is 9.59 Å². The van der Waals surface area contributed by atoms with Crippen molar-refractivity contribution in [1.29, 1.82) is 0 Å². The first kappa shape index (κ1) is 18.0. The lowest BCUT2D eigenvalue weighted by atomic mass is 10.1. The molecule has 2 aromatic rings. The zero-order valence-corrected chi connectivity index (χ0v) is 13.6. The van der Waals surface area contributed by atoms with Crippen LogP contribution in [0.3, 0.4) is 0 Å². The molecule has 0 bridgehead atoms. The van der Waals surface area contributed by atoms with Gasteiger partial charge in [-0.05, 0) is 30.3 Å². The smallest absolute Gasteiger partial charge is 0.336 e. The number of aromatic carboxylic acids is 1. The highest BCUT2D eigenvalue weighted by molar-refractivity contribution is 6.04. The average molecular weight is 342 g/mol. The van der Waals surface area contributed by atoms with Crippen molar-refractivity contribution in [1.82, 2.24) is 10.6 Å². The number of carboxylic acid groups (broad SMARTS) is 1. The molecule has 0 radical (unpaired) electrons. The first-order chi connectivity index (χ1) is 12.0. The lowest BCUT2D eigenvalue weighted by Gasteiger charge is -2.09. The van der Waals surface area contributed by atoms with Gasteiger partial charge in [-0.15, -0.1) is 0 Å². The quantitative estimate of drug-likeness (QED) is 0.662. The maximum absolute atomic E-state index is 12.1. The van der Waals surface area contributed by atoms with Crippen LogP contribution in [-0.4, -0.2) is 43.1 Å². The molecule has 3 N–H and O–H groups in total. The first-order valence-corrected chi connectivity index (χ1v) is 7.55. The second-order valence-corrected chi connectivity index (χ2v) is 5.09. The number of nitrogens with one attached hydrogen (secondary N) is 2. The van der Waals surface area contributed by atoms with Crippen molar-refractivity contribution in [3.63, 3.8) is 0 Å². The normalized spacial score (nSPS) is 9.96. The zero-order chi connectivity index (χ0) is 18.2. The van der Waals surface area contributed by atoms with Crippen LogP contribution in [0.25, 0.3) is 0 Å². The van der Waals surface area contributed by atoms with Crippen molar-refractivity contribution in [2.45, 2.75) is 0 Å². The number of carbonyl (C=O) groups excluding carboxylic acids is 2. The maximum Gasteiger partial charge on any atom is 0.336 e. The topological polar surface area (TPSA) is 105 Å². The predicted octanol–water partition coefficient (Wildman–Crippen LogP) is 1.55. The maximum atomic E-state index is 12.1. The molecule has 7 heteroatoms. The van der Waals surface area contributed by atoms with Gasteiger partial charge in [-0.1, -0.05) is 18.2 Å². The van der Waals surface area contributed by atoms with Crippen LogP contribution in [0.1, 0.15) is 31.1 Å². The summed E-state index contributed by atoms with van der Waals surface area (Å²) >= 11 is 0. The Hall–Kier alpha value is -3.35. The Morgan fingerprint density at radius 3 is 2.20 bits per heavy atom. The Labute approximate surface area is 144 Å². The number of benzene rings is 2. The third-order valence-corrected chi connectivity index (χ3v) is 3.43. The van der Waals surface area contributed by atoms with Gasteiger partial charge in [0.15, 0.2) is 0 Å². The van der Waals surface area contributed by atoms with Gasteiger partial charge in [-0.25, -0.2) is 4.79 Å². The van der Waals surface area contributed by atoms with Crippen LogP contribution in [0.15, 0.2) is 48.5 Å². The standard InChI is InChI=1S/C18H18N2O5/c1-25-13-6-4-5-12(11-13)16(21)19-9-10-20-17(22)14-7-2-3-8-15(14)18(23)24/h2-8,11H,9-10H2,1H3,(H,19,21)(H,20,22)(H,23,24). The SMILES string of the molecule is COc1cccc(C(=O)NCCNC(=O)c2ccccc2C(=O)O)c1. The van der Waals surface area contributed by atoms with E-state index in [2.05, 4.69) is 10.6 Å². The molecule has 2 aromatic carbocycles. The monoisotopic (exact) mass is 342 g/mol. The van der Waals surface area contributed by atoms with Crippen molar-refractivity contribution < 1.29 is 24.2 Å². The fraction of sp³-hybridized carbons (Fsp3) is 0.167. The number of ether oxygens (including phenoxy) is 1.